The SMILES string of the molecule is CCCCCCCCCCCCCCCCCCCCCCC(CCCCCCCCCCCCCCCCCCCCCC)(CCCCCC(=O)O)C(=O)O. The summed E-state index contributed by atoms with van der Waals surface area (Å²) in [7, 11) is 0. The molecular weight excluding hydrogens is 689 g/mol. The van der Waals surface area contributed by atoms with Crippen molar-refractivity contribution in [1.29, 1.82) is 0 Å². The molecule has 0 saturated heterocycles. The fourth-order valence-corrected chi connectivity index (χ4v) is 9.05. The van der Waals surface area contributed by atoms with Gasteiger partial charge in [0.2, 0.25) is 0 Å². The average molecular weight is 791 g/mol. The minimum atomic E-state index is -0.747. The van der Waals surface area contributed by atoms with Gasteiger partial charge in [0.05, 0.1) is 5.41 Å². The second-order valence-corrected chi connectivity index (χ2v) is 18.5. The Hall–Kier alpha value is -1.06. The molecule has 0 aromatic heterocycles. The molecule has 0 spiro atoms. The Kier molecular flexibility index (Phi) is 44.2. The van der Waals surface area contributed by atoms with Crippen molar-refractivity contribution in [2.24, 2.45) is 5.41 Å². The summed E-state index contributed by atoms with van der Waals surface area (Å²) in [4.78, 5) is 23.7. The van der Waals surface area contributed by atoms with Gasteiger partial charge in [-0.15, -0.1) is 0 Å². The van der Waals surface area contributed by atoms with Crippen molar-refractivity contribution in [3.05, 3.63) is 0 Å². The van der Waals surface area contributed by atoms with Crippen LogP contribution in [0.4, 0.5) is 0 Å². The molecule has 0 heterocycles. The van der Waals surface area contributed by atoms with Crippen LogP contribution >= 0.6 is 0 Å². The van der Waals surface area contributed by atoms with Crippen LogP contribution in [-0.2, 0) is 9.59 Å². The molecule has 0 atom stereocenters. The number of aliphatic carboxylic acids is 2. The Balaban J connectivity index is 4.02. The minimum absolute atomic E-state index is 0.193. The highest BCUT2D eigenvalue weighted by Crippen LogP contribution is 2.38. The van der Waals surface area contributed by atoms with Gasteiger partial charge < -0.3 is 10.2 Å². The number of unbranched alkanes of at least 4 members (excludes halogenated alkanes) is 40. The molecule has 0 aromatic rings. The van der Waals surface area contributed by atoms with Crippen LogP contribution in [0.5, 0.6) is 0 Å². The van der Waals surface area contributed by atoms with Crippen LogP contribution in [0.1, 0.15) is 316 Å². The summed E-state index contributed by atoms with van der Waals surface area (Å²) in [5.74, 6) is -1.35. The highest BCUT2D eigenvalue weighted by atomic mass is 16.4. The molecule has 0 aliphatic heterocycles. The van der Waals surface area contributed by atoms with E-state index in [1.165, 1.54) is 231 Å². The molecule has 0 rings (SSSR count). The molecule has 0 bridgehead atoms. The van der Waals surface area contributed by atoms with Crippen molar-refractivity contribution < 1.29 is 19.8 Å². The van der Waals surface area contributed by atoms with E-state index in [0.29, 0.717) is 12.8 Å². The van der Waals surface area contributed by atoms with Crippen LogP contribution in [0.25, 0.3) is 0 Å². The van der Waals surface area contributed by atoms with Crippen LogP contribution in [0.2, 0.25) is 0 Å². The lowest BCUT2D eigenvalue weighted by atomic mass is 9.74. The molecule has 0 saturated carbocycles. The van der Waals surface area contributed by atoms with Crippen molar-refractivity contribution in [1.82, 2.24) is 0 Å². The number of hydrogen-bond acceptors (Lipinski definition) is 2. The van der Waals surface area contributed by atoms with Crippen molar-refractivity contribution in [3.63, 3.8) is 0 Å². The number of hydrogen-bond donors (Lipinski definition) is 2. The summed E-state index contributed by atoms with van der Waals surface area (Å²) < 4.78 is 0. The number of carbonyl (C=O) groups is 2. The zero-order valence-corrected chi connectivity index (χ0v) is 38.4. The summed E-state index contributed by atoms with van der Waals surface area (Å²) in [6.45, 7) is 4.58. The molecule has 334 valence electrons. The fourth-order valence-electron chi connectivity index (χ4n) is 9.05. The summed E-state index contributed by atoms with van der Waals surface area (Å²) >= 11 is 0. The van der Waals surface area contributed by atoms with E-state index >= 15 is 0 Å². The normalized spacial score (nSPS) is 11.8. The summed E-state index contributed by atoms with van der Waals surface area (Å²) in [6.07, 6.45) is 59.2. The van der Waals surface area contributed by atoms with Gasteiger partial charge in [0.15, 0.2) is 0 Å². The van der Waals surface area contributed by atoms with Gasteiger partial charge in [-0.2, -0.15) is 0 Å². The molecule has 0 unspecified atom stereocenters. The van der Waals surface area contributed by atoms with E-state index in [1.807, 2.05) is 0 Å². The predicted octanol–water partition coefficient (Wildman–Crippen LogP) is 18.5. The third-order valence-corrected chi connectivity index (χ3v) is 13.0. The van der Waals surface area contributed by atoms with E-state index in [-0.39, 0.29) is 6.42 Å². The van der Waals surface area contributed by atoms with Gasteiger partial charge in [0, 0.05) is 6.42 Å². The summed E-state index contributed by atoms with van der Waals surface area (Å²) in [5.41, 5.74) is -0.619. The van der Waals surface area contributed by atoms with Crippen LogP contribution in [0.3, 0.4) is 0 Å². The van der Waals surface area contributed by atoms with Gasteiger partial charge in [-0.05, 0) is 25.7 Å². The first-order valence-corrected chi connectivity index (χ1v) is 25.9. The second-order valence-electron chi connectivity index (χ2n) is 18.5. The van der Waals surface area contributed by atoms with Crippen LogP contribution in [0, 0.1) is 5.41 Å². The van der Waals surface area contributed by atoms with Gasteiger partial charge in [-0.25, -0.2) is 0 Å². The Labute approximate surface area is 351 Å². The molecule has 0 aromatic carbocycles. The molecule has 0 fully saturated rings. The largest absolute Gasteiger partial charge is 0.481 e. The predicted molar refractivity (Wildman–Crippen MR) is 246 cm³/mol. The average Bonchev–Trinajstić information content (AvgIpc) is 3.18. The summed E-state index contributed by atoms with van der Waals surface area (Å²) in [5, 5.41) is 19.5. The Morgan fingerprint density at radius 3 is 0.643 bits per heavy atom. The maximum Gasteiger partial charge on any atom is 0.309 e. The smallest absolute Gasteiger partial charge is 0.309 e. The third-order valence-electron chi connectivity index (χ3n) is 13.0. The van der Waals surface area contributed by atoms with Crippen molar-refractivity contribution in [3.8, 4) is 0 Å². The van der Waals surface area contributed by atoms with Gasteiger partial charge in [0.25, 0.3) is 0 Å². The van der Waals surface area contributed by atoms with E-state index < -0.39 is 17.4 Å². The van der Waals surface area contributed by atoms with E-state index in [2.05, 4.69) is 13.8 Å². The minimum Gasteiger partial charge on any atom is -0.481 e. The Morgan fingerprint density at radius 1 is 0.286 bits per heavy atom. The molecule has 4 heteroatoms. The quantitative estimate of drug-likeness (QED) is 0.0602. The highest BCUT2D eigenvalue weighted by molar-refractivity contribution is 5.74. The maximum atomic E-state index is 12.8. The van der Waals surface area contributed by atoms with Gasteiger partial charge >= 0.3 is 11.9 Å². The molecular formula is C52H102O4. The van der Waals surface area contributed by atoms with Crippen molar-refractivity contribution in [2.75, 3.05) is 0 Å². The van der Waals surface area contributed by atoms with Gasteiger partial charge in [0.1, 0.15) is 0 Å². The Morgan fingerprint density at radius 2 is 0.464 bits per heavy atom. The lowest BCUT2D eigenvalue weighted by Crippen LogP contribution is -2.31. The van der Waals surface area contributed by atoms with E-state index in [1.54, 1.807) is 0 Å². The van der Waals surface area contributed by atoms with Crippen molar-refractivity contribution in [2.45, 2.75) is 316 Å². The molecule has 4 nitrogen and oxygen atoms in total. The van der Waals surface area contributed by atoms with Crippen LogP contribution < -0.4 is 0 Å². The monoisotopic (exact) mass is 791 g/mol. The standard InChI is InChI=1S/C52H102O4/c1-3-5-7-9-11-13-15-17-19-21-23-25-27-29-31-33-35-37-39-43-47-52(51(55)56,49-45-41-42-46-50(53)54)48-44-40-38-36-34-32-30-28-26-24-22-20-18-16-14-12-10-8-6-4-2/h3-49H2,1-2H3,(H,53,54)(H,55,56). The van der Waals surface area contributed by atoms with E-state index in [9.17, 15) is 14.7 Å². The van der Waals surface area contributed by atoms with Crippen LogP contribution in [0.15, 0.2) is 0 Å². The Bertz CT molecular complexity index is 750. The zero-order chi connectivity index (χ0) is 40.9. The number of carboxylic acid groups (broad SMARTS) is 2. The molecule has 0 aliphatic rings. The second kappa shape index (κ2) is 45.0. The zero-order valence-electron chi connectivity index (χ0n) is 38.4. The molecule has 56 heavy (non-hydrogen) atoms. The summed E-state index contributed by atoms with van der Waals surface area (Å²) in [6, 6.07) is 0. The molecule has 0 aliphatic carbocycles. The van der Waals surface area contributed by atoms with Crippen molar-refractivity contribution >= 4 is 11.9 Å². The lowest BCUT2D eigenvalue weighted by Gasteiger charge is -2.30. The third kappa shape index (κ3) is 39.8. The van der Waals surface area contributed by atoms with E-state index in [0.717, 1.165) is 51.4 Å². The first-order valence-electron chi connectivity index (χ1n) is 25.9. The fraction of sp³-hybridized carbons (Fsp3) is 0.962. The van der Waals surface area contributed by atoms with Gasteiger partial charge in [-0.1, -0.05) is 284 Å². The molecule has 0 amide bonds. The van der Waals surface area contributed by atoms with Crippen LogP contribution in [-0.4, -0.2) is 22.2 Å². The first-order chi connectivity index (χ1) is 27.5. The number of carboxylic acids is 2. The van der Waals surface area contributed by atoms with E-state index in [4.69, 9.17) is 5.11 Å². The lowest BCUT2D eigenvalue weighted by molar-refractivity contribution is -0.151. The molecule has 0 radical (unpaired) electrons. The van der Waals surface area contributed by atoms with Gasteiger partial charge in [-0.3, -0.25) is 9.59 Å². The maximum absolute atomic E-state index is 12.8. The number of rotatable bonds is 49. The topological polar surface area (TPSA) is 74.6 Å². The highest BCUT2D eigenvalue weighted by Gasteiger charge is 2.36. The molecule has 2 N–H and O–H groups in total. The first kappa shape index (κ1) is 54.9.